The number of anilines is 1. The maximum Gasteiger partial charge on any atom is 0.259 e. The minimum absolute atomic E-state index is 0.127. The highest BCUT2D eigenvalue weighted by molar-refractivity contribution is 6.04. The van der Waals surface area contributed by atoms with Crippen LogP contribution in [0.4, 0.5) is 5.69 Å². The van der Waals surface area contributed by atoms with E-state index in [0.717, 1.165) is 37.4 Å². The van der Waals surface area contributed by atoms with Crippen LogP contribution in [-0.2, 0) is 11.2 Å². The van der Waals surface area contributed by atoms with Gasteiger partial charge in [-0.1, -0.05) is 12.1 Å². The molecule has 0 saturated carbocycles. The molecule has 0 aliphatic carbocycles. The lowest BCUT2D eigenvalue weighted by Gasteiger charge is -2.32. The molecule has 1 aliphatic rings. The first-order chi connectivity index (χ1) is 12.0. The van der Waals surface area contributed by atoms with E-state index in [1.54, 1.807) is 6.92 Å². The Morgan fingerprint density at radius 2 is 2.00 bits per heavy atom. The van der Waals surface area contributed by atoms with Crippen LogP contribution >= 0.6 is 0 Å². The number of hydrogen-bond donors (Lipinski definition) is 2. The molecular weight excluding hydrogens is 318 g/mol. The average Bonchev–Trinajstić information content (AvgIpc) is 3.02. The molecule has 0 atom stereocenters. The molecule has 3 rings (SSSR count). The van der Waals surface area contributed by atoms with Crippen molar-refractivity contribution in [1.29, 1.82) is 0 Å². The van der Waals surface area contributed by atoms with Gasteiger partial charge in [-0.15, -0.1) is 0 Å². The lowest BCUT2D eigenvalue weighted by molar-refractivity contribution is -0.132. The number of nitrogens with one attached hydrogen (secondary N) is 2. The van der Waals surface area contributed by atoms with E-state index in [0.29, 0.717) is 17.7 Å². The Balaban J connectivity index is 1.62. The molecule has 0 radical (unpaired) electrons. The molecule has 1 saturated heterocycles. The third kappa shape index (κ3) is 4.24. The maximum absolute atomic E-state index is 12.4. The quantitative estimate of drug-likeness (QED) is 0.878. The molecule has 1 aliphatic heterocycles. The van der Waals surface area contributed by atoms with E-state index in [-0.39, 0.29) is 11.8 Å². The minimum atomic E-state index is -0.214. The number of carbonyl (C=O) groups excluding carboxylic acids is 2. The second kappa shape index (κ2) is 7.48. The number of likely N-dealkylation sites (N-methyl/N-ethyl adjacent to an activating group) is 1. The number of aromatic amines is 1. The molecule has 2 amide bonds. The molecule has 132 valence electrons. The van der Waals surface area contributed by atoms with E-state index >= 15 is 0 Å². The standard InChI is InChI=1S/C18H23N5O2/c1-13-16(12-19-21-13)18(25)20-15-5-3-4-14(10-15)11-17(24)23-8-6-22(2)7-9-23/h3-5,10,12H,6-9,11H2,1-2H3,(H,19,21)(H,20,25). The number of benzene rings is 1. The highest BCUT2D eigenvalue weighted by Gasteiger charge is 2.19. The predicted molar refractivity (Wildman–Crippen MR) is 95.5 cm³/mol. The summed E-state index contributed by atoms with van der Waals surface area (Å²) in [5.74, 6) is -0.0870. The second-order valence-electron chi connectivity index (χ2n) is 6.42. The first-order valence-corrected chi connectivity index (χ1v) is 8.39. The van der Waals surface area contributed by atoms with Crippen LogP contribution in [0, 0.1) is 6.92 Å². The van der Waals surface area contributed by atoms with Crippen LogP contribution in [0.3, 0.4) is 0 Å². The Morgan fingerprint density at radius 1 is 1.24 bits per heavy atom. The zero-order chi connectivity index (χ0) is 17.8. The number of hydrogen-bond acceptors (Lipinski definition) is 4. The number of piperazine rings is 1. The molecule has 7 heteroatoms. The van der Waals surface area contributed by atoms with Crippen molar-refractivity contribution in [3.8, 4) is 0 Å². The molecule has 1 fully saturated rings. The lowest BCUT2D eigenvalue weighted by Crippen LogP contribution is -2.47. The van der Waals surface area contributed by atoms with E-state index in [1.807, 2.05) is 29.2 Å². The van der Waals surface area contributed by atoms with Crippen LogP contribution in [0.1, 0.15) is 21.6 Å². The highest BCUT2D eigenvalue weighted by atomic mass is 16.2. The molecule has 7 nitrogen and oxygen atoms in total. The normalized spacial score (nSPS) is 15.2. The smallest absolute Gasteiger partial charge is 0.259 e. The van der Waals surface area contributed by atoms with E-state index < -0.39 is 0 Å². The fourth-order valence-electron chi connectivity index (χ4n) is 2.88. The van der Waals surface area contributed by atoms with E-state index in [1.165, 1.54) is 6.20 Å². The van der Waals surface area contributed by atoms with Crippen LogP contribution < -0.4 is 5.32 Å². The molecule has 1 aromatic carbocycles. The lowest BCUT2D eigenvalue weighted by atomic mass is 10.1. The van der Waals surface area contributed by atoms with Crippen molar-refractivity contribution in [1.82, 2.24) is 20.0 Å². The van der Waals surface area contributed by atoms with Crippen molar-refractivity contribution in [2.45, 2.75) is 13.3 Å². The Hall–Kier alpha value is -2.67. The van der Waals surface area contributed by atoms with E-state index in [9.17, 15) is 9.59 Å². The van der Waals surface area contributed by atoms with Gasteiger partial charge in [-0.2, -0.15) is 5.10 Å². The minimum Gasteiger partial charge on any atom is -0.340 e. The van der Waals surface area contributed by atoms with Gasteiger partial charge in [0.15, 0.2) is 0 Å². The average molecular weight is 341 g/mol. The Bertz CT molecular complexity index is 762. The zero-order valence-corrected chi connectivity index (χ0v) is 14.6. The number of nitrogens with zero attached hydrogens (tertiary/aromatic N) is 3. The van der Waals surface area contributed by atoms with Crippen molar-refractivity contribution >= 4 is 17.5 Å². The van der Waals surface area contributed by atoms with Crippen LogP contribution in [0.2, 0.25) is 0 Å². The third-order valence-corrected chi connectivity index (χ3v) is 4.47. The van der Waals surface area contributed by atoms with Crippen LogP contribution in [-0.4, -0.2) is 65.0 Å². The maximum atomic E-state index is 12.4. The molecule has 2 aromatic rings. The van der Waals surface area contributed by atoms with Crippen molar-refractivity contribution in [3.05, 3.63) is 47.3 Å². The van der Waals surface area contributed by atoms with Gasteiger partial charge in [0.1, 0.15) is 0 Å². The van der Waals surface area contributed by atoms with Crippen LogP contribution in [0.5, 0.6) is 0 Å². The summed E-state index contributed by atoms with van der Waals surface area (Å²) in [6, 6.07) is 7.43. The summed E-state index contributed by atoms with van der Waals surface area (Å²) in [6.07, 6.45) is 1.85. The van der Waals surface area contributed by atoms with Gasteiger partial charge >= 0.3 is 0 Å². The summed E-state index contributed by atoms with van der Waals surface area (Å²) in [4.78, 5) is 28.8. The van der Waals surface area contributed by atoms with Crippen LogP contribution in [0.25, 0.3) is 0 Å². The molecular formula is C18H23N5O2. The highest BCUT2D eigenvalue weighted by Crippen LogP contribution is 2.15. The van der Waals surface area contributed by atoms with Crippen LogP contribution in [0.15, 0.2) is 30.5 Å². The van der Waals surface area contributed by atoms with Gasteiger partial charge in [-0.3, -0.25) is 14.7 Å². The molecule has 0 bridgehead atoms. The zero-order valence-electron chi connectivity index (χ0n) is 14.6. The Morgan fingerprint density at radius 3 is 2.68 bits per heavy atom. The fourth-order valence-corrected chi connectivity index (χ4v) is 2.88. The van der Waals surface area contributed by atoms with Crippen molar-refractivity contribution in [3.63, 3.8) is 0 Å². The number of H-pyrrole nitrogens is 1. The summed E-state index contributed by atoms with van der Waals surface area (Å²) < 4.78 is 0. The van der Waals surface area contributed by atoms with Crippen molar-refractivity contribution < 1.29 is 9.59 Å². The first-order valence-electron chi connectivity index (χ1n) is 8.39. The number of aromatic nitrogens is 2. The topological polar surface area (TPSA) is 81.3 Å². The van der Waals surface area contributed by atoms with Gasteiger partial charge in [0.25, 0.3) is 5.91 Å². The molecule has 0 spiro atoms. The fraction of sp³-hybridized carbons (Fsp3) is 0.389. The van der Waals surface area contributed by atoms with Gasteiger partial charge in [0.2, 0.25) is 5.91 Å². The SMILES string of the molecule is Cc1[nH]ncc1C(=O)Nc1cccc(CC(=O)N2CCN(C)CC2)c1. The van der Waals surface area contributed by atoms with Crippen molar-refractivity contribution in [2.24, 2.45) is 0 Å². The Labute approximate surface area is 147 Å². The molecule has 2 N–H and O–H groups in total. The van der Waals surface area contributed by atoms with Gasteiger partial charge in [-0.25, -0.2) is 0 Å². The van der Waals surface area contributed by atoms with E-state index in [4.69, 9.17) is 0 Å². The summed E-state index contributed by atoms with van der Waals surface area (Å²) in [5.41, 5.74) is 2.80. The van der Waals surface area contributed by atoms with Gasteiger partial charge in [0, 0.05) is 37.6 Å². The van der Waals surface area contributed by atoms with E-state index in [2.05, 4.69) is 27.5 Å². The summed E-state index contributed by atoms with van der Waals surface area (Å²) in [6.45, 7) is 5.15. The van der Waals surface area contributed by atoms with Crippen molar-refractivity contribution in [2.75, 3.05) is 38.5 Å². The molecule has 1 aromatic heterocycles. The monoisotopic (exact) mass is 341 g/mol. The molecule has 2 heterocycles. The Kier molecular flexibility index (Phi) is 5.14. The number of rotatable bonds is 4. The number of aryl methyl sites for hydroxylation is 1. The summed E-state index contributed by atoms with van der Waals surface area (Å²) in [7, 11) is 2.07. The van der Waals surface area contributed by atoms with Gasteiger partial charge in [-0.05, 0) is 31.7 Å². The predicted octanol–water partition coefficient (Wildman–Crippen LogP) is 1.29. The third-order valence-electron chi connectivity index (χ3n) is 4.47. The summed E-state index contributed by atoms with van der Waals surface area (Å²) >= 11 is 0. The molecule has 25 heavy (non-hydrogen) atoms. The number of amides is 2. The largest absolute Gasteiger partial charge is 0.340 e. The second-order valence-corrected chi connectivity index (χ2v) is 6.42. The first kappa shape index (κ1) is 17.2. The number of carbonyl (C=O) groups is 2. The summed E-state index contributed by atoms with van der Waals surface area (Å²) in [5, 5.41) is 9.46. The van der Waals surface area contributed by atoms with Gasteiger partial charge < -0.3 is 15.1 Å². The van der Waals surface area contributed by atoms with Gasteiger partial charge in [0.05, 0.1) is 18.2 Å². The molecule has 0 unspecified atom stereocenters.